The molecule has 0 aliphatic carbocycles. The number of aryl methyl sites for hydroxylation is 1. The zero-order chi connectivity index (χ0) is 16.1. The van der Waals surface area contributed by atoms with Crippen molar-refractivity contribution in [2.45, 2.75) is 20.0 Å². The summed E-state index contributed by atoms with van der Waals surface area (Å²) < 4.78 is 5.14. The first-order chi connectivity index (χ1) is 10.5. The van der Waals surface area contributed by atoms with Gasteiger partial charge in [0.25, 0.3) is 5.69 Å². The van der Waals surface area contributed by atoms with Crippen LogP contribution in [0.1, 0.15) is 28.0 Å². The number of thiazole rings is 1. The van der Waals surface area contributed by atoms with E-state index in [0.717, 1.165) is 11.4 Å². The molecule has 1 aromatic carbocycles. The van der Waals surface area contributed by atoms with Crippen LogP contribution in [0, 0.1) is 10.1 Å². The first-order valence-electron chi connectivity index (χ1n) is 6.61. The van der Waals surface area contributed by atoms with Crippen molar-refractivity contribution in [2.24, 2.45) is 0 Å². The highest BCUT2D eigenvalue weighted by molar-refractivity contribution is 7.09. The molecule has 8 heteroatoms. The first-order valence-corrected chi connectivity index (χ1v) is 7.49. The van der Waals surface area contributed by atoms with Crippen molar-refractivity contribution in [2.75, 3.05) is 12.4 Å². The van der Waals surface area contributed by atoms with E-state index in [2.05, 4.69) is 10.3 Å². The summed E-state index contributed by atoms with van der Waals surface area (Å²) in [5.74, 6) is -0.614. The fraction of sp³-hybridized carbons (Fsp3) is 0.286. The van der Waals surface area contributed by atoms with Crippen molar-refractivity contribution in [1.82, 2.24) is 4.98 Å². The number of hydrogen-bond donors (Lipinski definition) is 1. The standard InChI is InChI=1S/C14H15N3O4S/c1-3-13-16-10(8-22-13)7-21-14(18)9-4-5-11(15-2)12(6-9)17(19)20/h4-6,8,15H,3,7H2,1-2H3. The Labute approximate surface area is 131 Å². The molecule has 7 nitrogen and oxygen atoms in total. The normalized spacial score (nSPS) is 10.3. The van der Waals surface area contributed by atoms with Gasteiger partial charge in [0, 0.05) is 18.5 Å². The zero-order valence-corrected chi connectivity index (χ0v) is 13.0. The van der Waals surface area contributed by atoms with Gasteiger partial charge >= 0.3 is 5.97 Å². The zero-order valence-electron chi connectivity index (χ0n) is 12.2. The minimum Gasteiger partial charge on any atom is -0.456 e. The molecule has 0 spiro atoms. The predicted octanol–water partition coefficient (Wildman–Crippen LogP) is 3.01. The van der Waals surface area contributed by atoms with Crippen LogP contribution in [0.2, 0.25) is 0 Å². The second-order valence-electron chi connectivity index (χ2n) is 4.40. The fourth-order valence-electron chi connectivity index (χ4n) is 1.82. The Kier molecular flexibility index (Phi) is 5.05. The Morgan fingerprint density at radius 1 is 1.50 bits per heavy atom. The molecule has 0 amide bonds. The number of rotatable bonds is 6. The Morgan fingerprint density at radius 2 is 2.27 bits per heavy atom. The molecular formula is C14H15N3O4S. The van der Waals surface area contributed by atoms with E-state index < -0.39 is 10.9 Å². The number of nitro groups is 1. The molecule has 0 saturated carbocycles. The molecule has 0 radical (unpaired) electrons. The van der Waals surface area contributed by atoms with Crippen LogP contribution in [0.4, 0.5) is 11.4 Å². The van der Waals surface area contributed by atoms with Crippen molar-refractivity contribution >= 4 is 28.7 Å². The van der Waals surface area contributed by atoms with Crippen LogP contribution in [-0.2, 0) is 17.8 Å². The SMILES string of the molecule is CCc1nc(COC(=O)c2ccc(NC)c([N+](=O)[O-])c2)cs1. The molecule has 0 bridgehead atoms. The van der Waals surface area contributed by atoms with E-state index in [9.17, 15) is 14.9 Å². The summed E-state index contributed by atoms with van der Waals surface area (Å²) in [5.41, 5.74) is 0.987. The van der Waals surface area contributed by atoms with Crippen LogP contribution in [0.15, 0.2) is 23.6 Å². The number of carbonyl (C=O) groups is 1. The Balaban J connectivity index is 2.09. The molecule has 0 atom stereocenters. The average molecular weight is 321 g/mol. The van der Waals surface area contributed by atoms with Gasteiger partial charge in [0.1, 0.15) is 12.3 Å². The molecule has 0 unspecified atom stereocenters. The van der Waals surface area contributed by atoms with Crippen LogP contribution in [0.3, 0.4) is 0 Å². The minimum absolute atomic E-state index is 0.0525. The maximum absolute atomic E-state index is 12.0. The number of benzene rings is 1. The van der Waals surface area contributed by atoms with Gasteiger partial charge in [-0.15, -0.1) is 11.3 Å². The van der Waals surface area contributed by atoms with E-state index in [4.69, 9.17) is 4.74 Å². The average Bonchev–Trinajstić information content (AvgIpc) is 2.99. The van der Waals surface area contributed by atoms with Crippen molar-refractivity contribution in [3.8, 4) is 0 Å². The van der Waals surface area contributed by atoms with Gasteiger partial charge in [-0.05, 0) is 18.6 Å². The smallest absolute Gasteiger partial charge is 0.338 e. The fourth-order valence-corrected chi connectivity index (χ4v) is 2.55. The third-order valence-corrected chi connectivity index (χ3v) is 3.99. The second-order valence-corrected chi connectivity index (χ2v) is 5.34. The van der Waals surface area contributed by atoms with Crippen LogP contribution < -0.4 is 5.32 Å². The molecule has 116 valence electrons. The van der Waals surface area contributed by atoms with Gasteiger partial charge in [-0.1, -0.05) is 6.92 Å². The van der Waals surface area contributed by atoms with E-state index in [1.54, 1.807) is 7.05 Å². The van der Waals surface area contributed by atoms with E-state index in [1.165, 1.54) is 29.5 Å². The second kappa shape index (κ2) is 6.99. The topological polar surface area (TPSA) is 94.4 Å². The molecule has 0 fully saturated rings. The molecule has 1 N–H and O–H groups in total. The largest absolute Gasteiger partial charge is 0.456 e. The molecule has 2 aromatic rings. The summed E-state index contributed by atoms with van der Waals surface area (Å²) >= 11 is 1.51. The van der Waals surface area contributed by atoms with Crippen molar-refractivity contribution in [3.63, 3.8) is 0 Å². The van der Waals surface area contributed by atoms with Gasteiger partial charge in [-0.2, -0.15) is 0 Å². The molecule has 1 aromatic heterocycles. The first kappa shape index (κ1) is 15.9. The number of nitrogens with zero attached hydrogens (tertiary/aromatic N) is 2. The number of ether oxygens (including phenoxy) is 1. The lowest BCUT2D eigenvalue weighted by Crippen LogP contribution is -2.07. The highest BCUT2D eigenvalue weighted by atomic mass is 32.1. The molecule has 0 aliphatic rings. The minimum atomic E-state index is -0.614. The quantitative estimate of drug-likeness (QED) is 0.499. The summed E-state index contributed by atoms with van der Waals surface area (Å²) in [4.78, 5) is 26.7. The van der Waals surface area contributed by atoms with E-state index in [-0.39, 0.29) is 17.9 Å². The summed E-state index contributed by atoms with van der Waals surface area (Å²) in [6, 6.07) is 4.17. The molecule has 2 rings (SSSR count). The molecule has 22 heavy (non-hydrogen) atoms. The van der Waals surface area contributed by atoms with Crippen molar-refractivity contribution < 1.29 is 14.5 Å². The van der Waals surface area contributed by atoms with Gasteiger partial charge < -0.3 is 10.1 Å². The van der Waals surface area contributed by atoms with Crippen LogP contribution in [0.25, 0.3) is 0 Å². The van der Waals surface area contributed by atoms with Crippen molar-refractivity contribution in [1.29, 1.82) is 0 Å². The monoisotopic (exact) mass is 321 g/mol. The van der Waals surface area contributed by atoms with Gasteiger partial charge in [0.05, 0.1) is 21.2 Å². The maximum atomic E-state index is 12.0. The lowest BCUT2D eigenvalue weighted by atomic mass is 10.1. The molecule has 0 aliphatic heterocycles. The van der Waals surface area contributed by atoms with Crippen molar-refractivity contribution in [3.05, 3.63) is 50.0 Å². The molecule has 1 heterocycles. The van der Waals surface area contributed by atoms with Crippen LogP contribution in [0.5, 0.6) is 0 Å². The highest BCUT2D eigenvalue weighted by Gasteiger charge is 2.17. The maximum Gasteiger partial charge on any atom is 0.338 e. The van der Waals surface area contributed by atoms with E-state index in [0.29, 0.717) is 11.4 Å². The van der Waals surface area contributed by atoms with Crippen LogP contribution >= 0.6 is 11.3 Å². The van der Waals surface area contributed by atoms with Gasteiger partial charge in [0.15, 0.2) is 0 Å². The summed E-state index contributed by atoms with van der Waals surface area (Å²) in [5, 5.41) is 16.5. The Hall–Kier alpha value is -2.48. The molecular weight excluding hydrogens is 306 g/mol. The lowest BCUT2D eigenvalue weighted by Gasteiger charge is -2.05. The number of nitro benzene ring substituents is 1. The number of anilines is 1. The third kappa shape index (κ3) is 3.59. The highest BCUT2D eigenvalue weighted by Crippen LogP contribution is 2.25. The predicted molar refractivity (Wildman–Crippen MR) is 83.3 cm³/mol. The lowest BCUT2D eigenvalue weighted by molar-refractivity contribution is -0.384. The molecule has 0 saturated heterocycles. The summed E-state index contributed by atoms with van der Waals surface area (Å²) in [6.45, 7) is 2.05. The Morgan fingerprint density at radius 3 is 2.86 bits per heavy atom. The van der Waals surface area contributed by atoms with Gasteiger partial charge in [-0.3, -0.25) is 10.1 Å². The number of hydrogen-bond acceptors (Lipinski definition) is 7. The number of nitrogens with one attached hydrogen (secondary N) is 1. The van der Waals surface area contributed by atoms with E-state index >= 15 is 0 Å². The third-order valence-electron chi connectivity index (χ3n) is 2.95. The summed E-state index contributed by atoms with van der Waals surface area (Å²) in [7, 11) is 1.58. The number of carbonyl (C=O) groups excluding carboxylic acids is 1. The summed E-state index contributed by atoms with van der Waals surface area (Å²) in [6.07, 6.45) is 0.830. The van der Waals surface area contributed by atoms with Crippen LogP contribution in [-0.4, -0.2) is 22.9 Å². The van der Waals surface area contributed by atoms with Gasteiger partial charge in [0.2, 0.25) is 0 Å². The number of esters is 1. The van der Waals surface area contributed by atoms with E-state index in [1.807, 2.05) is 12.3 Å². The number of aromatic nitrogens is 1. The van der Waals surface area contributed by atoms with Gasteiger partial charge in [-0.25, -0.2) is 9.78 Å². The Bertz CT molecular complexity index is 699.